The van der Waals surface area contributed by atoms with Crippen molar-refractivity contribution in [3.63, 3.8) is 0 Å². The summed E-state index contributed by atoms with van der Waals surface area (Å²) in [4.78, 5) is 38.5. The predicted molar refractivity (Wildman–Crippen MR) is 76.1 cm³/mol. The van der Waals surface area contributed by atoms with E-state index < -0.39 is 34.1 Å². The highest BCUT2D eigenvalue weighted by Gasteiger charge is 2.39. The maximum Gasteiger partial charge on any atom is 0.327 e. The van der Waals surface area contributed by atoms with Gasteiger partial charge in [0.05, 0.1) is 11.5 Å². The molecule has 0 spiro atoms. The van der Waals surface area contributed by atoms with Crippen LogP contribution in [0.15, 0.2) is 18.3 Å². The summed E-state index contributed by atoms with van der Waals surface area (Å²) in [6, 6.07) is 2.51. The van der Waals surface area contributed by atoms with Crippen LogP contribution in [0.2, 0.25) is 0 Å². The fourth-order valence-electron chi connectivity index (χ4n) is 1.69. The SMILES string of the molecule is CCOC(=O)[C@@H](C(=O)OC(C)(C)C)c1ncccc1[N+](=O)[O-]. The van der Waals surface area contributed by atoms with Gasteiger partial charge in [-0.1, -0.05) is 0 Å². The highest BCUT2D eigenvalue weighted by Crippen LogP contribution is 2.28. The Kier molecular flexibility index (Phi) is 5.56. The first-order valence-corrected chi connectivity index (χ1v) is 6.66. The topological polar surface area (TPSA) is 109 Å². The minimum atomic E-state index is -1.60. The van der Waals surface area contributed by atoms with Crippen molar-refractivity contribution >= 4 is 17.6 Å². The van der Waals surface area contributed by atoms with Gasteiger partial charge in [-0.05, 0) is 33.8 Å². The molecule has 0 fully saturated rings. The van der Waals surface area contributed by atoms with Gasteiger partial charge in [0.15, 0.2) is 0 Å². The molecule has 1 rings (SSSR count). The van der Waals surface area contributed by atoms with Crippen molar-refractivity contribution in [2.75, 3.05) is 6.61 Å². The van der Waals surface area contributed by atoms with Crippen molar-refractivity contribution in [1.29, 1.82) is 0 Å². The van der Waals surface area contributed by atoms with E-state index in [1.165, 1.54) is 18.3 Å². The average molecular weight is 310 g/mol. The van der Waals surface area contributed by atoms with Gasteiger partial charge in [-0.15, -0.1) is 0 Å². The van der Waals surface area contributed by atoms with Gasteiger partial charge >= 0.3 is 11.9 Å². The fraction of sp³-hybridized carbons (Fsp3) is 0.500. The number of carbonyl (C=O) groups excluding carboxylic acids is 2. The van der Waals surface area contributed by atoms with E-state index in [9.17, 15) is 19.7 Å². The molecule has 0 N–H and O–H groups in total. The Balaban J connectivity index is 3.30. The second kappa shape index (κ2) is 6.97. The van der Waals surface area contributed by atoms with Gasteiger partial charge in [0.1, 0.15) is 11.3 Å². The number of hydrogen-bond donors (Lipinski definition) is 0. The smallest absolute Gasteiger partial charge is 0.327 e. The number of ether oxygens (including phenoxy) is 2. The van der Waals surface area contributed by atoms with Crippen LogP contribution in [-0.4, -0.2) is 34.1 Å². The molecule has 0 aromatic carbocycles. The van der Waals surface area contributed by atoms with Crippen molar-refractivity contribution in [2.45, 2.75) is 39.2 Å². The molecule has 1 aromatic heterocycles. The lowest BCUT2D eigenvalue weighted by molar-refractivity contribution is -0.386. The van der Waals surface area contributed by atoms with Gasteiger partial charge < -0.3 is 9.47 Å². The molecule has 0 radical (unpaired) electrons. The number of carbonyl (C=O) groups is 2. The zero-order valence-corrected chi connectivity index (χ0v) is 12.9. The van der Waals surface area contributed by atoms with Crippen LogP contribution in [0.1, 0.15) is 39.3 Å². The highest BCUT2D eigenvalue weighted by atomic mass is 16.6. The van der Waals surface area contributed by atoms with Crippen molar-refractivity contribution in [2.24, 2.45) is 0 Å². The summed E-state index contributed by atoms with van der Waals surface area (Å²) >= 11 is 0. The molecule has 0 saturated heterocycles. The van der Waals surface area contributed by atoms with Gasteiger partial charge in [-0.25, -0.2) is 0 Å². The summed E-state index contributed by atoms with van der Waals surface area (Å²) in [6.07, 6.45) is 1.26. The number of nitrogens with zero attached hydrogens (tertiary/aromatic N) is 2. The van der Waals surface area contributed by atoms with Crippen molar-refractivity contribution in [3.8, 4) is 0 Å². The predicted octanol–water partition coefficient (Wildman–Crippen LogP) is 1.98. The van der Waals surface area contributed by atoms with Crippen molar-refractivity contribution in [1.82, 2.24) is 4.98 Å². The summed E-state index contributed by atoms with van der Waals surface area (Å²) in [5.74, 6) is -3.47. The third kappa shape index (κ3) is 4.51. The van der Waals surface area contributed by atoms with E-state index in [2.05, 4.69) is 4.98 Å². The molecule has 1 aromatic rings. The molecule has 22 heavy (non-hydrogen) atoms. The molecule has 120 valence electrons. The van der Waals surface area contributed by atoms with E-state index in [1.54, 1.807) is 27.7 Å². The molecule has 0 unspecified atom stereocenters. The number of hydrogen-bond acceptors (Lipinski definition) is 7. The lowest BCUT2D eigenvalue weighted by Gasteiger charge is -2.22. The Morgan fingerprint density at radius 2 is 2.00 bits per heavy atom. The lowest BCUT2D eigenvalue weighted by atomic mass is 10.0. The van der Waals surface area contributed by atoms with Crippen LogP contribution < -0.4 is 0 Å². The van der Waals surface area contributed by atoms with Crippen LogP contribution in [0.25, 0.3) is 0 Å². The minimum Gasteiger partial charge on any atom is -0.465 e. The molecule has 1 atom stereocenters. The van der Waals surface area contributed by atoms with Crippen LogP contribution in [0.4, 0.5) is 5.69 Å². The molecule has 8 nitrogen and oxygen atoms in total. The summed E-state index contributed by atoms with van der Waals surface area (Å²) < 4.78 is 9.98. The minimum absolute atomic E-state index is 0.0265. The quantitative estimate of drug-likeness (QED) is 0.354. The second-order valence-electron chi connectivity index (χ2n) is 5.38. The number of esters is 2. The highest BCUT2D eigenvalue weighted by molar-refractivity contribution is 6.01. The number of aromatic nitrogens is 1. The Morgan fingerprint density at radius 1 is 1.36 bits per heavy atom. The first-order chi connectivity index (χ1) is 10.2. The lowest BCUT2D eigenvalue weighted by Crippen LogP contribution is -2.33. The van der Waals surface area contributed by atoms with Crippen LogP contribution in [0.5, 0.6) is 0 Å². The van der Waals surface area contributed by atoms with E-state index in [1.807, 2.05) is 0 Å². The Labute approximate surface area is 127 Å². The third-order valence-electron chi connectivity index (χ3n) is 2.45. The molecule has 0 amide bonds. The first-order valence-electron chi connectivity index (χ1n) is 6.66. The summed E-state index contributed by atoms with van der Waals surface area (Å²) in [5, 5.41) is 11.1. The van der Waals surface area contributed by atoms with Gasteiger partial charge in [-0.2, -0.15) is 0 Å². The monoisotopic (exact) mass is 310 g/mol. The molecule has 1 heterocycles. The molecule has 0 saturated carbocycles. The van der Waals surface area contributed by atoms with Gasteiger partial charge in [0.2, 0.25) is 5.92 Å². The molecule has 0 bridgehead atoms. The normalized spacial score (nSPS) is 12.4. The third-order valence-corrected chi connectivity index (χ3v) is 2.45. The van der Waals surface area contributed by atoms with E-state index in [0.717, 1.165) is 0 Å². The average Bonchev–Trinajstić information content (AvgIpc) is 2.37. The van der Waals surface area contributed by atoms with Crippen LogP contribution >= 0.6 is 0 Å². The molecule has 0 aliphatic heterocycles. The number of nitro groups is 1. The van der Waals surface area contributed by atoms with Crippen molar-refractivity contribution in [3.05, 3.63) is 34.1 Å². The standard InChI is InChI=1S/C14H18N2O6/c1-5-21-12(17)10(13(18)22-14(2,3)4)11-9(16(19)20)7-6-8-15-11/h6-8,10H,5H2,1-4H3/t10-/m0/s1. The first kappa shape index (κ1) is 17.5. The Bertz CT molecular complexity index is 579. The number of rotatable bonds is 5. The molecular weight excluding hydrogens is 292 g/mol. The van der Waals surface area contributed by atoms with Crippen LogP contribution in [-0.2, 0) is 19.1 Å². The van der Waals surface area contributed by atoms with E-state index in [0.29, 0.717) is 0 Å². The van der Waals surface area contributed by atoms with Crippen LogP contribution in [0, 0.1) is 10.1 Å². The van der Waals surface area contributed by atoms with Crippen molar-refractivity contribution < 1.29 is 24.0 Å². The maximum atomic E-state index is 12.3. The Morgan fingerprint density at radius 3 is 2.50 bits per heavy atom. The second-order valence-corrected chi connectivity index (χ2v) is 5.38. The van der Waals surface area contributed by atoms with Crippen LogP contribution in [0.3, 0.4) is 0 Å². The summed E-state index contributed by atoms with van der Waals surface area (Å²) in [6.45, 7) is 6.47. The largest absolute Gasteiger partial charge is 0.465 e. The molecular formula is C14H18N2O6. The van der Waals surface area contributed by atoms with Gasteiger partial charge in [0, 0.05) is 12.3 Å². The Hall–Kier alpha value is -2.51. The van der Waals surface area contributed by atoms with E-state index in [4.69, 9.17) is 9.47 Å². The molecule has 8 heteroatoms. The van der Waals surface area contributed by atoms with E-state index >= 15 is 0 Å². The molecule has 0 aliphatic carbocycles. The molecule has 0 aliphatic rings. The zero-order chi connectivity index (χ0) is 16.9. The zero-order valence-electron chi connectivity index (χ0n) is 12.9. The van der Waals surface area contributed by atoms with E-state index in [-0.39, 0.29) is 12.3 Å². The fourth-order valence-corrected chi connectivity index (χ4v) is 1.69. The van der Waals surface area contributed by atoms with Gasteiger partial charge in [0.25, 0.3) is 5.69 Å². The summed E-state index contributed by atoms with van der Waals surface area (Å²) in [5.41, 5.74) is -1.59. The maximum absolute atomic E-state index is 12.3. The number of pyridine rings is 1. The summed E-state index contributed by atoms with van der Waals surface area (Å²) in [7, 11) is 0. The van der Waals surface area contributed by atoms with Gasteiger partial charge in [-0.3, -0.25) is 24.7 Å².